The molecule has 2 amide bonds. The lowest BCUT2D eigenvalue weighted by atomic mass is 10.0. The van der Waals surface area contributed by atoms with Crippen LogP contribution in [-0.4, -0.2) is 37.0 Å². The summed E-state index contributed by atoms with van der Waals surface area (Å²) in [5, 5.41) is 14.3. The van der Waals surface area contributed by atoms with Crippen molar-refractivity contribution < 1.29 is 19.1 Å². The molecule has 7 nitrogen and oxygen atoms in total. The number of amides is 2. The van der Waals surface area contributed by atoms with E-state index in [0.717, 1.165) is 5.56 Å². The number of hydrogen-bond donors (Lipinski definition) is 2. The maximum absolute atomic E-state index is 12.8. The molecule has 2 rings (SSSR count). The molecule has 150 valence electrons. The lowest BCUT2D eigenvalue weighted by Crippen LogP contribution is -2.53. The van der Waals surface area contributed by atoms with E-state index in [1.165, 1.54) is 14.0 Å². The largest absolute Gasteiger partial charge is 0.467 e. The topological polar surface area (TPSA) is 108 Å². The van der Waals surface area contributed by atoms with Gasteiger partial charge in [0.05, 0.1) is 18.7 Å². The first-order valence-electron chi connectivity index (χ1n) is 9.11. The lowest BCUT2D eigenvalue weighted by molar-refractivity contribution is -0.145. The molecule has 0 bridgehead atoms. The Balaban J connectivity index is 2.17. The third-order valence-corrected chi connectivity index (χ3v) is 4.27. The zero-order valence-electron chi connectivity index (χ0n) is 16.3. The number of rotatable bonds is 8. The maximum atomic E-state index is 12.8. The Kier molecular flexibility index (Phi) is 7.92. The van der Waals surface area contributed by atoms with Crippen LogP contribution in [0.15, 0.2) is 54.6 Å². The van der Waals surface area contributed by atoms with Crippen LogP contribution in [0.2, 0.25) is 0 Å². The second kappa shape index (κ2) is 10.6. The molecule has 0 spiro atoms. The highest BCUT2D eigenvalue weighted by molar-refractivity contribution is 5.90. The summed E-state index contributed by atoms with van der Waals surface area (Å²) in [6, 6.07) is 16.3. The fraction of sp³-hybridized carbons (Fsp3) is 0.273. The molecule has 7 heteroatoms. The first-order chi connectivity index (χ1) is 13.9. The van der Waals surface area contributed by atoms with Gasteiger partial charge in [-0.1, -0.05) is 42.5 Å². The molecule has 2 atom stereocenters. The van der Waals surface area contributed by atoms with Crippen molar-refractivity contribution in [3.05, 3.63) is 71.3 Å². The van der Waals surface area contributed by atoms with Crippen LogP contribution in [0.25, 0.3) is 0 Å². The van der Waals surface area contributed by atoms with E-state index in [0.29, 0.717) is 11.1 Å². The Morgan fingerprint density at radius 2 is 1.62 bits per heavy atom. The number of hydrogen-bond acceptors (Lipinski definition) is 5. The third-order valence-electron chi connectivity index (χ3n) is 4.27. The Bertz CT molecular complexity index is 906. The van der Waals surface area contributed by atoms with Crippen molar-refractivity contribution in [2.75, 3.05) is 7.11 Å². The number of esters is 1. The van der Waals surface area contributed by atoms with Gasteiger partial charge < -0.3 is 15.4 Å². The van der Waals surface area contributed by atoms with E-state index in [1.807, 2.05) is 36.4 Å². The average Bonchev–Trinajstić information content (AvgIpc) is 2.72. The quantitative estimate of drug-likeness (QED) is 0.661. The Morgan fingerprint density at radius 1 is 0.966 bits per heavy atom. The molecule has 0 aromatic heterocycles. The van der Waals surface area contributed by atoms with Crippen molar-refractivity contribution in [3.8, 4) is 6.07 Å². The standard InChI is InChI=1S/C22H23N3O4/c1-15(26)24-19(12-16-7-4-3-5-8-16)21(27)25-20(22(28)29-2)13-17-9-6-10-18(11-17)14-23/h3-11,19-20H,12-13H2,1-2H3,(H,24,26)(H,25,27)/t19-,20-/m0/s1. The molecule has 0 aliphatic carbocycles. The van der Waals surface area contributed by atoms with Gasteiger partial charge in [-0.05, 0) is 23.3 Å². The van der Waals surface area contributed by atoms with Gasteiger partial charge in [0.15, 0.2) is 0 Å². The summed E-state index contributed by atoms with van der Waals surface area (Å²) in [5.74, 6) is -1.45. The first kappa shape index (κ1) is 21.6. The summed E-state index contributed by atoms with van der Waals surface area (Å²) in [5.41, 5.74) is 2.04. The second-order valence-corrected chi connectivity index (χ2v) is 6.54. The van der Waals surface area contributed by atoms with Gasteiger partial charge in [-0.2, -0.15) is 5.26 Å². The van der Waals surface area contributed by atoms with Crippen LogP contribution in [0, 0.1) is 11.3 Å². The molecule has 2 N–H and O–H groups in total. The number of nitrogens with one attached hydrogen (secondary N) is 2. The van der Waals surface area contributed by atoms with E-state index in [1.54, 1.807) is 24.3 Å². The van der Waals surface area contributed by atoms with E-state index in [4.69, 9.17) is 10.00 Å². The van der Waals surface area contributed by atoms with Crippen LogP contribution in [0.3, 0.4) is 0 Å². The minimum Gasteiger partial charge on any atom is -0.467 e. The predicted molar refractivity (Wildman–Crippen MR) is 107 cm³/mol. The number of nitrogens with zero attached hydrogens (tertiary/aromatic N) is 1. The number of benzene rings is 2. The predicted octanol–water partition coefficient (Wildman–Crippen LogP) is 1.51. The molecule has 0 fully saturated rings. The van der Waals surface area contributed by atoms with Crippen molar-refractivity contribution in [2.45, 2.75) is 31.8 Å². The monoisotopic (exact) mass is 393 g/mol. The fourth-order valence-electron chi connectivity index (χ4n) is 2.92. The van der Waals surface area contributed by atoms with Crippen LogP contribution in [0.4, 0.5) is 0 Å². The van der Waals surface area contributed by atoms with Crippen LogP contribution in [0.1, 0.15) is 23.6 Å². The SMILES string of the molecule is COC(=O)[C@H](Cc1cccc(C#N)c1)NC(=O)[C@H](Cc1ccccc1)NC(C)=O. The Morgan fingerprint density at radius 3 is 2.24 bits per heavy atom. The number of nitriles is 1. The van der Waals surface area contributed by atoms with Gasteiger partial charge in [0.1, 0.15) is 12.1 Å². The van der Waals surface area contributed by atoms with Gasteiger partial charge in [0, 0.05) is 19.8 Å². The van der Waals surface area contributed by atoms with Gasteiger partial charge in [0.2, 0.25) is 11.8 Å². The third kappa shape index (κ3) is 6.78. The number of carbonyl (C=O) groups excluding carboxylic acids is 3. The van der Waals surface area contributed by atoms with Gasteiger partial charge in [-0.25, -0.2) is 4.79 Å². The molecule has 0 aliphatic heterocycles. The van der Waals surface area contributed by atoms with Crippen molar-refractivity contribution in [3.63, 3.8) is 0 Å². The number of ether oxygens (including phenoxy) is 1. The number of carbonyl (C=O) groups is 3. The van der Waals surface area contributed by atoms with Crippen LogP contribution in [0.5, 0.6) is 0 Å². The first-order valence-corrected chi connectivity index (χ1v) is 9.11. The summed E-state index contributed by atoms with van der Waals surface area (Å²) < 4.78 is 4.82. The second-order valence-electron chi connectivity index (χ2n) is 6.54. The van der Waals surface area contributed by atoms with Gasteiger partial charge in [-0.15, -0.1) is 0 Å². The molecule has 0 saturated carbocycles. The van der Waals surface area contributed by atoms with Crippen LogP contribution >= 0.6 is 0 Å². The highest BCUT2D eigenvalue weighted by Gasteiger charge is 2.27. The van der Waals surface area contributed by atoms with E-state index in [9.17, 15) is 14.4 Å². The summed E-state index contributed by atoms with van der Waals surface area (Å²) in [7, 11) is 1.24. The molecular formula is C22H23N3O4. The van der Waals surface area contributed by atoms with Gasteiger partial charge in [-0.3, -0.25) is 9.59 Å². The number of methoxy groups -OCH3 is 1. The fourth-order valence-corrected chi connectivity index (χ4v) is 2.92. The molecular weight excluding hydrogens is 370 g/mol. The van der Waals surface area contributed by atoms with E-state index in [-0.39, 0.29) is 18.7 Å². The van der Waals surface area contributed by atoms with Crippen molar-refractivity contribution >= 4 is 17.8 Å². The molecule has 0 radical (unpaired) electrons. The molecule has 0 saturated heterocycles. The highest BCUT2D eigenvalue weighted by atomic mass is 16.5. The highest BCUT2D eigenvalue weighted by Crippen LogP contribution is 2.09. The van der Waals surface area contributed by atoms with E-state index < -0.39 is 24.0 Å². The van der Waals surface area contributed by atoms with Crippen LogP contribution < -0.4 is 10.6 Å². The van der Waals surface area contributed by atoms with Crippen molar-refractivity contribution in [2.24, 2.45) is 0 Å². The normalized spacial score (nSPS) is 12.2. The zero-order valence-corrected chi connectivity index (χ0v) is 16.3. The maximum Gasteiger partial charge on any atom is 0.328 e. The average molecular weight is 393 g/mol. The molecule has 29 heavy (non-hydrogen) atoms. The molecule has 0 unspecified atom stereocenters. The van der Waals surface area contributed by atoms with Crippen molar-refractivity contribution in [1.82, 2.24) is 10.6 Å². The summed E-state index contributed by atoms with van der Waals surface area (Å²) >= 11 is 0. The molecule has 0 heterocycles. The summed E-state index contributed by atoms with van der Waals surface area (Å²) in [4.78, 5) is 36.6. The minimum absolute atomic E-state index is 0.159. The lowest BCUT2D eigenvalue weighted by Gasteiger charge is -2.22. The Labute approximate surface area is 169 Å². The van der Waals surface area contributed by atoms with Gasteiger partial charge >= 0.3 is 5.97 Å². The summed E-state index contributed by atoms with van der Waals surface area (Å²) in [6.45, 7) is 1.33. The summed E-state index contributed by atoms with van der Waals surface area (Å²) in [6.07, 6.45) is 0.441. The molecule has 2 aromatic carbocycles. The van der Waals surface area contributed by atoms with Crippen molar-refractivity contribution in [1.29, 1.82) is 5.26 Å². The van der Waals surface area contributed by atoms with Gasteiger partial charge in [0.25, 0.3) is 0 Å². The van der Waals surface area contributed by atoms with Crippen LogP contribution in [-0.2, 0) is 32.0 Å². The smallest absolute Gasteiger partial charge is 0.328 e. The van der Waals surface area contributed by atoms with E-state index in [2.05, 4.69) is 10.6 Å². The Hall–Kier alpha value is -3.66. The minimum atomic E-state index is -0.950. The molecule has 2 aromatic rings. The van der Waals surface area contributed by atoms with E-state index >= 15 is 0 Å². The zero-order chi connectivity index (χ0) is 21.2. The molecule has 0 aliphatic rings.